The largest absolute Gasteiger partial charge is 0.361 e. The first-order chi connectivity index (χ1) is 9.08. The van der Waals surface area contributed by atoms with Crippen LogP contribution in [-0.4, -0.2) is 11.7 Å². The Kier molecular flexibility index (Phi) is 4.86. The number of nitrogens with zero attached hydrogens (tertiary/aromatic N) is 1. The fourth-order valence-electron chi connectivity index (χ4n) is 1.92. The number of hydrogen-bond acceptors (Lipinski definition) is 3. The molecule has 0 radical (unpaired) electrons. The summed E-state index contributed by atoms with van der Waals surface area (Å²) in [5.41, 5.74) is 3.16. The standard InChI is InChI=1S/C14H16Cl2N2O/c1-9-13(10(2)19-18-9)8-17-6-5-11-3-4-12(15)7-14(11)16/h3-4,7,17H,5-6,8H2,1-2H3. The molecule has 3 nitrogen and oxygen atoms in total. The molecular weight excluding hydrogens is 283 g/mol. The summed E-state index contributed by atoms with van der Waals surface area (Å²) >= 11 is 12.0. The van der Waals surface area contributed by atoms with Gasteiger partial charge in [0.2, 0.25) is 0 Å². The lowest BCUT2D eigenvalue weighted by Gasteiger charge is -2.06. The van der Waals surface area contributed by atoms with Crippen LogP contribution in [0.2, 0.25) is 10.0 Å². The molecule has 0 unspecified atom stereocenters. The SMILES string of the molecule is Cc1noc(C)c1CNCCc1ccc(Cl)cc1Cl. The second-order valence-corrected chi connectivity index (χ2v) is 5.31. The second kappa shape index (κ2) is 6.42. The van der Waals surface area contributed by atoms with E-state index in [9.17, 15) is 0 Å². The highest BCUT2D eigenvalue weighted by molar-refractivity contribution is 6.35. The van der Waals surface area contributed by atoms with Crippen LogP contribution in [0.5, 0.6) is 0 Å². The summed E-state index contributed by atoms with van der Waals surface area (Å²) in [5.74, 6) is 0.870. The molecule has 0 aliphatic heterocycles. The van der Waals surface area contributed by atoms with Gasteiger partial charge in [-0.2, -0.15) is 0 Å². The first-order valence-corrected chi connectivity index (χ1v) is 6.90. The first-order valence-electron chi connectivity index (χ1n) is 6.14. The van der Waals surface area contributed by atoms with E-state index in [2.05, 4.69) is 10.5 Å². The topological polar surface area (TPSA) is 38.1 Å². The van der Waals surface area contributed by atoms with E-state index in [4.69, 9.17) is 27.7 Å². The smallest absolute Gasteiger partial charge is 0.138 e. The number of nitrogens with one attached hydrogen (secondary N) is 1. The van der Waals surface area contributed by atoms with Gasteiger partial charge in [0, 0.05) is 22.2 Å². The zero-order chi connectivity index (χ0) is 13.8. The van der Waals surface area contributed by atoms with Crippen molar-refractivity contribution in [2.75, 3.05) is 6.54 Å². The average molecular weight is 299 g/mol. The number of aromatic nitrogens is 1. The Morgan fingerprint density at radius 2 is 2.05 bits per heavy atom. The van der Waals surface area contributed by atoms with Crippen LogP contribution in [0.1, 0.15) is 22.6 Å². The maximum absolute atomic E-state index is 6.12. The van der Waals surface area contributed by atoms with Gasteiger partial charge in [0.1, 0.15) is 5.76 Å². The lowest BCUT2D eigenvalue weighted by Crippen LogP contribution is -2.17. The van der Waals surface area contributed by atoms with Gasteiger partial charge in [-0.25, -0.2) is 0 Å². The van der Waals surface area contributed by atoms with Crippen LogP contribution >= 0.6 is 23.2 Å². The average Bonchev–Trinajstić information content (AvgIpc) is 2.68. The van der Waals surface area contributed by atoms with Crippen LogP contribution < -0.4 is 5.32 Å². The molecule has 2 aromatic rings. The summed E-state index contributed by atoms with van der Waals surface area (Å²) in [6.07, 6.45) is 0.860. The van der Waals surface area contributed by atoms with Crippen molar-refractivity contribution < 1.29 is 4.52 Å². The van der Waals surface area contributed by atoms with Crippen molar-refractivity contribution in [1.29, 1.82) is 0 Å². The molecule has 1 aromatic carbocycles. The van der Waals surface area contributed by atoms with Crippen LogP contribution in [0, 0.1) is 13.8 Å². The predicted octanol–water partition coefficient (Wildman–Crippen LogP) is 3.93. The van der Waals surface area contributed by atoms with E-state index in [0.29, 0.717) is 10.0 Å². The molecule has 19 heavy (non-hydrogen) atoms. The summed E-state index contributed by atoms with van der Waals surface area (Å²) in [5, 5.41) is 8.67. The molecule has 102 valence electrons. The molecule has 2 rings (SSSR count). The second-order valence-electron chi connectivity index (χ2n) is 4.47. The Balaban J connectivity index is 1.84. The Morgan fingerprint density at radius 1 is 1.26 bits per heavy atom. The Bertz CT molecular complexity index is 547. The fourth-order valence-corrected chi connectivity index (χ4v) is 2.42. The molecule has 0 spiro atoms. The van der Waals surface area contributed by atoms with Crippen molar-refractivity contribution in [3.05, 3.63) is 50.8 Å². The number of benzene rings is 1. The van der Waals surface area contributed by atoms with E-state index in [0.717, 1.165) is 42.1 Å². The van der Waals surface area contributed by atoms with Crippen LogP contribution in [0.3, 0.4) is 0 Å². The molecule has 0 saturated carbocycles. The molecule has 0 bridgehead atoms. The Labute approximate surface area is 122 Å². The highest BCUT2D eigenvalue weighted by atomic mass is 35.5. The summed E-state index contributed by atoms with van der Waals surface area (Å²) in [4.78, 5) is 0. The van der Waals surface area contributed by atoms with E-state index < -0.39 is 0 Å². The van der Waals surface area contributed by atoms with Gasteiger partial charge >= 0.3 is 0 Å². The summed E-state index contributed by atoms with van der Waals surface area (Å²) < 4.78 is 5.12. The number of hydrogen-bond donors (Lipinski definition) is 1. The molecular formula is C14H16Cl2N2O. The molecule has 0 aliphatic rings. The van der Waals surface area contributed by atoms with Crippen LogP contribution in [0.25, 0.3) is 0 Å². The number of aryl methyl sites for hydroxylation is 2. The van der Waals surface area contributed by atoms with E-state index in [1.807, 2.05) is 26.0 Å². The quantitative estimate of drug-likeness (QED) is 0.850. The normalized spacial score (nSPS) is 10.9. The first kappa shape index (κ1) is 14.4. The molecule has 1 N–H and O–H groups in total. The third-order valence-corrected chi connectivity index (χ3v) is 3.66. The minimum Gasteiger partial charge on any atom is -0.361 e. The molecule has 0 amide bonds. The van der Waals surface area contributed by atoms with Crippen molar-refractivity contribution in [2.24, 2.45) is 0 Å². The highest BCUT2D eigenvalue weighted by Crippen LogP contribution is 2.21. The molecule has 1 aromatic heterocycles. The molecule has 0 atom stereocenters. The van der Waals surface area contributed by atoms with E-state index in [-0.39, 0.29) is 0 Å². The van der Waals surface area contributed by atoms with Gasteiger partial charge in [-0.3, -0.25) is 0 Å². The van der Waals surface area contributed by atoms with Gasteiger partial charge in [0.25, 0.3) is 0 Å². The van der Waals surface area contributed by atoms with Crippen molar-refractivity contribution in [1.82, 2.24) is 10.5 Å². The van der Waals surface area contributed by atoms with Crippen molar-refractivity contribution in [2.45, 2.75) is 26.8 Å². The molecule has 5 heteroatoms. The van der Waals surface area contributed by atoms with Gasteiger partial charge in [-0.1, -0.05) is 34.4 Å². The van der Waals surface area contributed by atoms with E-state index >= 15 is 0 Å². The van der Waals surface area contributed by atoms with Gasteiger partial charge in [-0.05, 0) is 44.5 Å². The lowest BCUT2D eigenvalue weighted by atomic mass is 10.1. The van der Waals surface area contributed by atoms with Crippen molar-refractivity contribution in [3.8, 4) is 0 Å². The summed E-state index contributed by atoms with van der Waals surface area (Å²) in [7, 11) is 0. The maximum atomic E-state index is 6.12. The van der Waals surface area contributed by atoms with Crippen molar-refractivity contribution in [3.63, 3.8) is 0 Å². The molecule has 0 fully saturated rings. The molecule has 0 aliphatic carbocycles. The van der Waals surface area contributed by atoms with Gasteiger partial charge in [0.15, 0.2) is 0 Å². The zero-order valence-corrected chi connectivity index (χ0v) is 12.5. The van der Waals surface area contributed by atoms with Crippen LogP contribution in [-0.2, 0) is 13.0 Å². The van der Waals surface area contributed by atoms with Gasteiger partial charge in [-0.15, -0.1) is 0 Å². The maximum Gasteiger partial charge on any atom is 0.138 e. The van der Waals surface area contributed by atoms with Gasteiger partial charge < -0.3 is 9.84 Å². The monoisotopic (exact) mass is 298 g/mol. The van der Waals surface area contributed by atoms with Crippen LogP contribution in [0.15, 0.2) is 22.7 Å². The highest BCUT2D eigenvalue weighted by Gasteiger charge is 2.08. The Hall–Kier alpha value is -1.03. The van der Waals surface area contributed by atoms with E-state index in [1.165, 1.54) is 0 Å². The minimum atomic E-state index is 0.664. The number of rotatable bonds is 5. The van der Waals surface area contributed by atoms with E-state index in [1.54, 1.807) is 6.07 Å². The lowest BCUT2D eigenvalue weighted by molar-refractivity contribution is 0.392. The van der Waals surface area contributed by atoms with Crippen molar-refractivity contribution >= 4 is 23.2 Å². The third kappa shape index (κ3) is 3.72. The third-order valence-electron chi connectivity index (χ3n) is 3.07. The zero-order valence-electron chi connectivity index (χ0n) is 11.0. The minimum absolute atomic E-state index is 0.664. The molecule has 1 heterocycles. The van der Waals surface area contributed by atoms with Gasteiger partial charge in [0.05, 0.1) is 5.69 Å². The Morgan fingerprint density at radius 3 is 2.68 bits per heavy atom. The fraction of sp³-hybridized carbons (Fsp3) is 0.357. The number of halogens is 2. The van der Waals surface area contributed by atoms with Crippen LogP contribution in [0.4, 0.5) is 0 Å². The molecule has 0 saturated heterocycles. The summed E-state index contributed by atoms with van der Waals surface area (Å²) in [6.45, 7) is 5.47. The summed E-state index contributed by atoms with van der Waals surface area (Å²) in [6, 6.07) is 5.59. The predicted molar refractivity (Wildman–Crippen MR) is 77.8 cm³/mol.